The summed E-state index contributed by atoms with van der Waals surface area (Å²) < 4.78 is 4.28. The molecule has 0 saturated heterocycles. The Morgan fingerprint density at radius 2 is 0.812 bits per heavy atom. The third-order valence-corrected chi connectivity index (χ3v) is 11.6. The van der Waals surface area contributed by atoms with E-state index in [1.54, 1.807) is 18.5 Å². The first-order valence-electron chi connectivity index (χ1n) is 19.8. The monoisotopic (exact) mass is 812 g/mol. The van der Waals surface area contributed by atoms with Crippen LogP contribution in [-0.2, 0) is 0 Å². The smallest absolute Gasteiger partial charge is 0.0999 e. The first-order chi connectivity index (χ1) is 31.4. The van der Waals surface area contributed by atoms with Gasteiger partial charge in [-0.1, -0.05) is 48.5 Å². The predicted octanol–water partition coefficient (Wildman–Crippen LogP) is 11.4. The molecule has 0 N–H and O–H groups in total. The van der Waals surface area contributed by atoms with Crippen LogP contribution in [-0.4, -0.2) is 14.1 Å². The number of hydrogen-bond acceptors (Lipinski definition) is 8. The van der Waals surface area contributed by atoms with Crippen LogP contribution in [0.1, 0.15) is 38.9 Å². The van der Waals surface area contributed by atoms with E-state index in [2.05, 4.69) is 44.5 Å². The molecule has 64 heavy (non-hydrogen) atoms. The number of fused-ring (bicyclic) bond motifs is 6. The molecule has 0 fully saturated rings. The lowest BCUT2D eigenvalue weighted by molar-refractivity contribution is 1.13. The van der Waals surface area contributed by atoms with Crippen molar-refractivity contribution in [1.29, 1.82) is 36.8 Å². The molecule has 10 rings (SSSR count). The number of nitriles is 7. The van der Waals surface area contributed by atoms with Crippen LogP contribution in [0.4, 0.5) is 0 Å². The van der Waals surface area contributed by atoms with Crippen LogP contribution in [0.5, 0.6) is 0 Å². The highest BCUT2D eigenvalue weighted by Crippen LogP contribution is 2.43. The van der Waals surface area contributed by atoms with Crippen molar-refractivity contribution in [2.45, 2.75) is 0 Å². The van der Waals surface area contributed by atoms with Crippen molar-refractivity contribution >= 4 is 43.6 Å². The number of rotatable bonds is 5. The van der Waals surface area contributed by atoms with Gasteiger partial charge in [-0.3, -0.25) is 4.98 Å². The maximum atomic E-state index is 10.3. The topological polar surface area (TPSA) is 189 Å². The molecule has 0 unspecified atom stereocenters. The predicted molar refractivity (Wildman–Crippen MR) is 242 cm³/mol. The Kier molecular flexibility index (Phi) is 8.94. The average Bonchev–Trinajstić information content (AvgIpc) is 3.87. The van der Waals surface area contributed by atoms with Crippen LogP contribution >= 0.6 is 0 Å². The Labute approximate surface area is 365 Å². The second-order valence-corrected chi connectivity index (χ2v) is 15.0. The normalized spacial score (nSPS) is 10.7. The van der Waals surface area contributed by atoms with Crippen molar-refractivity contribution in [2.24, 2.45) is 0 Å². The van der Waals surface area contributed by atoms with Crippen molar-refractivity contribution in [3.63, 3.8) is 0 Å². The second-order valence-electron chi connectivity index (χ2n) is 15.0. The zero-order valence-corrected chi connectivity index (χ0v) is 33.3. The van der Waals surface area contributed by atoms with Crippen molar-refractivity contribution < 1.29 is 0 Å². The van der Waals surface area contributed by atoms with E-state index in [1.807, 2.05) is 115 Å². The first-order valence-corrected chi connectivity index (χ1v) is 19.8. The van der Waals surface area contributed by atoms with Gasteiger partial charge in [0.2, 0.25) is 0 Å². The molecule has 10 heteroatoms. The van der Waals surface area contributed by atoms with Gasteiger partial charge in [0.1, 0.15) is 0 Å². The Balaban J connectivity index is 1.22. The highest BCUT2D eigenvalue weighted by atomic mass is 15.0. The summed E-state index contributed by atoms with van der Waals surface area (Å²) in [4.78, 5) is 4.62. The van der Waals surface area contributed by atoms with E-state index < -0.39 is 0 Å². The molecule has 0 aliphatic carbocycles. The molecule has 290 valence electrons. The van der Waals surface area contributed by atoms with E-state index in [9.17, 15) is 36.8 Å². The van der Waals surface area contributed by atoms with Gasteiger partial charge < -0.3 is 9.13 Å². The van der Waals surface area contributed by atoms with Gasteiger partial charge in [-0.15, -0.1) is 0 Å². The molecule has 0 spiro atoms. The summed E-state index contributed by atoms with van der Waals surface area (Å²) in [6, 6.07) is 56.3. The lowest BCUT2D eigenvalue weighted by atomic mass is 9.92. The molecule has 0 saturated carbocycles. The number of hydrogen-bond donors (Lipinski definition) is 0. The van der Waals surface area contributed by atoms with Crippen molar-refractivity contribution in [2.75, 3.05) is 0 Å². The van der Waals surface area contributed by atoms with Gasteiger partial charge in [0.05, 0.1) is 121 Å². The zero-order valence-electron chi connectivity index (χ0n) is 33.3. The maximum Gasteiger partial charge on any atom is 0.0999 e. The van der Waals surface area contributed by atoms with Crippen LogP contribution in [0.25, 0.3) is 88.4 Å². The summed E-state index contributed by atoms with van der Waals surface area (Å²) in [5.41, 5.74) is 10.6. The van der Waals surface area contributed by atoms with Gasteiger partial charge in [-0.05, 0) is 96.1 Å². The van der Waals surface area contributed by atoms with Gasteiger partial charge in [0, 0.05) is 50.0 Å². The molecule has 7 aromatic carbocycles. The number of pyridine rings is 1. The molecule has 3 aromatic heterocycles. The highest BCUT2D eigenvalue weighted by Gasteiger charge is 2.23. The fourth-order valence-electron chi connectivity index (χ4n) is 8.97. The number of para-hydroxylation sites is 2. The van der Waals surface area contributed by atoms with Gasteiger partial charge in [-0.2, -0.15) is 36.8 Å². The molecule has 0 atom stereocenters. The van der Waals surface area contributed by atoms with E-state index >= 15 is 0 Å². The van der Waals surface area contributed by atoms with Crippen LogP contribution in [0.3, 0.4) is 0 Å². The fraction of sp³-hybridized carbons (Fsp3) is 0. The number of nitrogens with zero attached hydrogens (tertiary/aromatic N) is 10. The molecule has 0 bridgehead atoms. The van der Waals surface area contributed by atoms with Gasteiger partial charge in [0.25, 0.3) is 0 Å². The molecular formula is C54H24N10. The number of aromatic nitrogens is 3. The third-order valence-electron chi connectivity index (χ3n) is 11.6. The standard InChI is InChI=1S/C54H24N10/c55-24-32-9-12-49(63-47-7-3-1-5-41(47)45-22-35(10-13-50(45)63)53-37(27-58)17-33(25-56)18-38(53)28-59)44(21-32)43-15-16-62-31-52(43)64-48-8-4-2-6-42(48)46-23-36(11-14-51(46)64)54-39(29-60)19-34(26-57)20-40(54)30-61/h1-23,31H. The van der Waals surface area contributed by atoms with Crippen LogP contribution < -0.4 is 0 Å². The van der Waals surface area contributed by atoms with E-state index in [0.29, 0.717) is 27.8 Å². The number of benzene rings is 7. The second kappa shape index (κ2) is 15.1. The van der Waals surface area contributed by atoms with E-state index in [4.69, 9.17) is 0 Å². The lowest BCUT2D eigenvalue weighted by Crippen LogP contribution is -2.02. The molecule has 10 aromatic rings. The van der Waals surface area contributed by atoms with Gasteiger partial charge in [0.15, 0.2) is 0 Å². The third kappa shape index (κ3) is 5.78. The maximum absolute atomic E-state index is 10.3. The lowest BCUT2D eigenvalue weighted by Gasteiger charge is -2.18. The average molecular weight is 813 g/mol. The minimum absolute atomic E-state index is 0.229. The Hall–Kier alpha value is -10.3. The van der Waals surface area contributed by atoms with Crippen LogP contribution in [0.2, 0.25) is 0 Å². The fourth-order valence-corrected chi connectivity index (χ4v) is 8.97. The van der Waals surface area contributed by atoms with Crippen molar-refractivity contribution in [3.8, 4) is 87.2 Å². The summed E-state index contributed by atoms with van der Waals surface area (Å²) in [5.74, 6) is 0. The first kappa shape index (κ1) is 38.0. The molecule has 0 aliphatic heterocycles. The van der Waals surface area contributed by atoms with Gasteiger partial charge >= 0.3 is 0 Å². The largest absolute Gasteiger partial charge is 0.309 e. The SMILES string of the molecule is N#Cc1cc(C#N)c(-c2ccc3c(c2)c2ccccc2n3-c2ccc(C#N)cc2-c2ccncc2-n2c3ccccc3c3cc(-c4c(C#N)cc(C#N)cc4C#N)ccc32)c(C#N)c1. The minimum atomic E-state index is 0.229. The van der Waals surface area contributed by atoms with E-state index in [-0.39, 0.29) is 33.4 Å². The Morgan fingerprint density at radius 1 is 0.359 bits per heavy atom. The van der Waals surface area contributed by atoms with Crippen LogP contribution in [0, 0.1) is 79.3 Å². The van der Waals surface area contributed by atoms with Crippen molar-refractivity contribution in [1.82, 2.24) is 14.1 Å². The quantitative estimate of drug-likeness (QED) is 0.164. The molecule has 0 radical (unpaired) electrons. The minimum Gasteiger partial charge on any atom is -0.309 e. The summed E-state index contributed by atoms with van der Waals surface area (Å²) in [5, 5.41) is 73.6. The van der Waals surface area contributed by atoms with Gasteiger partial charge in [-0.25, -0.2) is 0 Å². The van der Waals surface area contributed by atoms with Crippen LogP contribution in [0.15, 0.2) is 146 Å². The van der Waals surface area contributed by atoms with E-state index in [1.165, 1.54) is 24.3 Å². The molecule has 0 aliphatic rings. The Bertz CT molecular complexity index is 3930. The summed E-state index contributed by atoms with van der Waals surface area (Å²) in [6.07, 6.45) is 3.52. The Morgan fingerprint density at radius 3 is 1.28 bits per heavy atom. The van der Waals surface area contributed by atoms with E-state index in [0.717, 1.165) is 66.1 Å². The molecular weight excluding hydrogens is 789 g/mol. The van der Waals surface area contributed by atoms with Crippen molar-refractivity contribution in [3.05, 3.63) is 185 Å². The summed E-state index contributed by atoms with van der Waals surface area (Å²) in [7, 11) is 0. The summed E-state index contributed by atoms with van der Waals surface area (Å²) in [6.45, 7) is 0. The highest BCUT2D eigenvalue weighted by molar-refractivity contribution is 6.13. The molecule has 0 amide bonds. The zero-order chi connectivity index (χ0) is 44.1. The molecule has 3 heterocycles. The summed E-state index contributed by atoms with van der Waals surface area (Å²) >= 11 is 0. The molecule has 10 nitrogen and oxygen atoms in total.